The zero-order valence-electron chi connectivity index (χ0n) is 21.9. The van der Waals surface area contributed by atoms with E-state index in [4.69, 9.17) is 32.7 Å². The molecule has 9 nitrogen and oxygen atoms in total. The largest absolute Gasteiger partial charge is 0.486 e. The topological polar surface area (TPSA) is 105 Å². The molecule has 1 heterocycles. The Labute approximate surface area is 234 Å². The third-order valence-corrected chi connectivity index (χ3v) is 8.45. The number of benzene rings is 2. The molecule has 38 heavy (non-hydrogen) atoms. The van der Waals surface area contributed by atoms with Gasteiger partial charge < -0.3 is 19.7 Å². The number of hydrogen-bond acceptors (Lipinski definition) is 6. The van der Waals surface area contributed by atoms with Gasteiger partial charge in [0.25, 0.3) is 0 Å². The highest BCUT2D eigenvalue weighted by atomic mass is 35.5. The van der Waals surface area contributed by atoms with Crippen molar-refractivity contribution in [2.75, 3.05) is 29.8 Å². The second kappa shape index (κ2) is 12.9. The molecule has 0 bridgehead atoms. The van der Waals surface area contributed by atoms with E-state index in [1.54, 1.807) is 37.3 Å². The van der Waals surface area contributed by atoms with E-state index in [0.29, 0.717) is 40.3 Å². The Morgan fingerprint density at radius 1 is 1.03 bits per heavy atom. The Bertz CT molecular complexity index is 1250. The fourth-order valence-corrected chi connectivity index (χ4v) is 5.63. The van der Waals surface area contributed by atoms with E-state index in [2.05, 4.69) is 5.32 Å². The van der Waals surface area contributed by atoms with Crippen LogP contribution in [-0.4, -0.2) is 62.7 Å². The number of ether oxygens (including phenoxy) is 2. The lowest BCUT2D eigenvalue weighted by atomic mass is 10.1. The van der Waals surface area contributed by atoms with E-state index in [1.807, 2.05) is 13.8 Å². The molecule has 0 unspecified atom stereocenters. The minimum Gasteiger partial charge on any atom is -0.486 e. The van der Waals surface area contributed by atoms with E-state index >= 15 is 0 Å². The lowest BCUT2D eigenvalue weighted by molar-refractivity contribution is -0.140. The van der Waals surface area contributed by atoms with Crippen LogP contribution in [0.25, 0.3) is 0 Å². The molecule has 0 saturated carbocycles. The quantitative estimate of drug-likeness (QED) is 0.422. The molecule has 208 valence electrons. The normalized spacial score (nSPS) is 13.7. The second-order valence-corrected chi connectivity index (χ2v) is 12.0. The smallest absolute Gasteiger partial charge is 0.244 e. The maximum atomic E-state index is 13.9. The van der Waals surface area contributed by atoms with Crippen molar-refractivity contribution in [2.45, 2.75) is 52.7 Å². The zero-order chi connectivity index (χ0) is 28.0. The highest BCUT2D eigenvalue weighted by molar-refractivity contribution is 7.92. The molecule has 0 radical (unpaired) electrons. The zero-order valence-corrected chi connectivity index (χ0v) is 24.2. The summed E-state index contributed by atoms with van der Waals surface area (Å²) in [6.45, 7) is 7.01. The van der Waals surface area contributed by atoms with E-state index in [-0.39, 0.29) is 36.4 Å². The number of fused-ring (bicyclic) bond motifs is 1. The van der Waals surface area contributed by atoms with Crippen molar-refractivity contribution in [3.05, 3.63) is 52.0 Å². The van der Waals surface area contributed by atoms with Crippen LogP contribution in [0.5, 0.6) is 11.5 Å². The van der Waals surface area contributed by atoms with Crippen LogP contribution in [0.3, 0.4) is 0 Å². The van der Waals surface area contributed by atoms with Crippen LogP contribution in [0.2, 0.25) is 10.0 Å². The van der Waals surface area contributed by atoms with Crippen molar-refractivity contribution >= 4 is 50.7 Å². The van der Waals surface area contributed by atoms with Gasteiger partial charge in [0, 0.05) is 34.3 Å². The standard InChI is InChI=1S/C26H33Cl2N3O6S/c1-5-22(26(33)29-17(3)4)30(15-19-20(27)8-7-9-21(19)28)25(32)16-31(38(34,35)6-2)18-10-11-23-24(14-18)37-13-12-36-23/h7-11,14,17,22H,5-6,12-13,15-16H2,1-4H3,(H,29,33)/t22-/m0/s1. The highest BCUT2D eigenvalue weighted by Crippen LogP contribution is 2.35. The Morgan fingerprint density at radius 2 is 1.66 bits per heavy atom. The average molecular weight is 587 g/mol. The van der Waals surface area contributed by atoms with Gasteiger partial charge >= 0.3 is 0 Å². The van der Waals surface area contributed by atoms with Crippen molar-refractivity contribution < 1.29 is 27.5 Å². The molecule has 1 N–H and O–H groups in total. The number of nitrogens with one attached hydrogen (secondary N) is 1. The molecule has 0 aliphatic carbocycles. The summed E-state index contributed by atoms with van der Waals surface area (Å²) < 4.78 is 38.5. The summed E-state index contributed by atoms with van der Waals surface area (Å²) in [5.74, 6) is -0.302. The number of carbonyl (C=O) groups excluding carboxylic acids is 2. The molecule has 0 fully saturated rings. The van der Waals surface area contributed by atoms with Crippen LogP contribution in [0.1, 0.15) is 39.7 Å². The average Bonchev–Trinajstić information content (AvgIpc) is 2.87. The first-order valence-electron chi connectivity index (χ1n) is 12.4. The molecule has 1 aliphatic heterocycles. The number of rotatable bonds is 11. The van der Waals surface area contributed by atoms with Crippen molar-refractivity contribution in [3.63, 3.8) is 0 Å². The number of nitrogens with zero attached hydrogens (tertiary/aromatic N) is 2. The number of hydrogen-bond donors (Lipinski definition) is 1. The molecule has 0 saturated heterocycles. The van der Waals surface area contributed by atoms with Crippen molar-refractivity contribution in [3.8, 4) is 11.5 Å². The first-order chi connectivity index (χ1) is 18.0. The summed E-state index contributed by atoms with van der Waals surface area (Å²) in [5, 5.41) is 3.51. The van der Waals surface area contributed by atoms with E-state index < -0.39 is 28.5 Å². The van der Waals surface area contributed by atoms with Crippen molar-refractivity contribution in [2.24, 2.45) is 0 Å². The summed E-state index contributed by atoms with van der Waals surface area (Å²) in [4.78, 5) is 28.4. The molecule has 2 amide bonds. The molecule has 3 rings (SSSR count). The van der Waals surface area contributed by atoms with E-state index in [9.17, 15) is 18.0 Å². The molecule has 0 spiro atoms. The molecule has 1 aliphatic rings. The molecular formula is C26H33Cl2N3O6S. The van der Waals surface area contributed by atoms with Gasteiger partial charge in [-0.15, -0.1) is 0 Å². The van der Waals surface area contributed by atoms with Crippen LogP contribution in [0.15, 0.2) is 36.4 Å². The predicted molar refractivity (Wildman–Crippen MR) is 149 cm³/mol. The molecule has 2 aromatic rings. The number of anilines is 1. The Balaban J connectivity index is 2.03. The first-order valence-corrected chi connectivity index (χ1v) is 14.8. The number of carbonyl (C=O) groups is 2. The summed E-state index contributed by atoms with van der Waals surface area (Å²) in [5.41, 5.74) is 0.712. The summed E-state index contributed by atoms with van der Waals surface area (Å²) >= 11 is 12.8. The van der Waals surface area contributed by atoms with Gasteiger partial charge in [-0.1, -0.05) is 36.2 Å². The van der Waals surface area contributed by atoms with Gasteiger partial charge in [-0.2, -0.15) is 0 Å². The van der Waals surface area contributed by atoms with Gasteiger partial charge in [-0.25, -0.2) is 8.42 Å². The van der Waals surface area contributed by atoms with Crippen LogP contribution >= 0.6 is 23.2 Å². The predicted octanol–water partition coefficient (Wildman–Crippen LogP) is 4.25. The Morgan fingerprint density at radius 3 is 2.24 bits per heavy atom. The third kappa shape index (κ3) is 7.03. The fourth-order valence-electron chi connectivity index (χ4n) is 4.06. The Kier molecular flexibility index (Phi) is 10.1. The SMILES string of the molecule is CC[C@@H](C(=O)NC(C)C)N(Cc1c(Cl)cccc1Cl)C(=O)CN(c1ccc2c(c1)OCCO2)S(=O)(=O)CC. The molecule has 1 atom stereocenters. The van der Waals surface area contributed by atoms with Crippen LogP contribution in [0, 0.1) is 0 Å². The maximum Gasteiger partial charge on any atom is 0.244 e. The van der Waals surface area contributed by atoms with Crippen LogP contribution < -0.4 is 19.1 Å². The number of halogens is 2. The third-order valence-electron chi connectivity index (χ3n) is 6.00. The summed E-state index contributed by atoms with van der Waals surface area (Å²) in [7, 11) is -3.89. The molecule has 2 aromatic carbocycles. The van der Waals surface area contributed by atoms with Crippen molar-refractivity contribution in [1.82, 2.24) is 10.2 Å². The van der Waals surface area contributed by atoms with Gasteiger partial charge in [0.05, 0.1) is 11.4 Å². The molecule has 0 aromatic heterocycles. The van der Waals surface area contributed by atoms with E-state index in [0.717, 1.165) is 4.31 Å². The second-order valence-electron chi connectivity index (χ2n) is 9.04. The van der Waals surface area contributed by atoms with Gasteiger partial charge in [-0.3, -0.25) is 13.9 Å². The van der Waals surface area contributed by atoms with Gasteiger partial charge in [0.15, 0.2) is 11.5 Å². The minimum atomic E-state index is -3.89. The lowest BCUT2D eigenvalue weighted by Gasteiger charge is -2.34. The summed E-state index contributed by atoms with van der Waals surface area (Å²) in [6.07, 6.45) is 0.289. The minimum absolute atomic E-state index is 0.0808. The van der Waals surface area contributed by atoms with Crippen LogP contribution in [-0.2, 0) is 26.2 Å². The maximum absolute atomic E-state index is 13.9. The summed E-state index contributed by atoms with van der Waals surface area (Å²) in [6, 6.07) is 8.63. The highest BCUT2D eigenvalue weighted by Gasteiger charge is 2.33. The monoisotopic (exact) mass is 585 g/mol. The van der Waals surface area contributed by atoms with Gasteiger partial charge in [0.1, 0.15) is 25.8 Å². The molecular weight excluding hydrogens is 553 g/mol. The van der Waals surface area contributed by atoms with E-state index in [1.165, 1.54) is 17.9 Å². The number of sulfonamides is 1. The Hall–Kier alpha value is -2.69. The van der Waals surface area contributed by atoms with Crippen molar-refractivity contribution in [1.29, 1.82) is 0 Å². The first kappa shape index (κ1) is 29.9. The lowest BCUT2D eigenvalue weighted by Crippen LogP contribution is -2.53. The fraction of sp³-hybridized carbons (Fsp3) is 0.462. The van der Waals surface area contributed by atoms with Crippen LogP contribution in [0.4, 0.5) is 5.69 Å². The number of amides is 2. The molecule has 12 heteroatoms. The van der Waals surface area contributed by atoms with Gasteiger partial charge in [-0.05, 0) is 51.5 Å². The van der Waals surface area contributed by atoms with Gasteiger partial charge in [0.2, 0.25) is 21.8 Å².